The summed E-state index contributed by atoms with van der Waals surface area (Å²) in [7, 11) is 0. The summed E-state index contributed by atoms with van der Waals surface area (Å²) < 4.78 is 7.20. The van der Waals surface area contributed by atoms with Gasteiger partial charge in [-0.15, -0.1) is 21.5 Å². The van der Waals surface area contributed by atoms with Crippen LogP contribution >= 0.6 is 23.1 Å². The summed E-state index contributed by atoms with van der Waals surface area (Å²) in [4.78, 5) is 26.9. The standard InChI is InChI=1S/C24H29N5O3S2/c1-6-32-21(31)18-16-12-23(2,3)28-24(4,5)19(16)34-20(18)26-17(30)13-33-22-27-25-14-29(22)15-10-8-7-9-11-15/h7-11,14,28H,6,12-13H2,1-5H3,(H,26,30). The fraction of sp³-hybridized carbons (Fsp3) is 0.417. The Morgan fingerprint density at radius 3 is 2.68 bits per heavy atom. The number of rotatable bonds is 7. The topological polar surface area (TPSA) is 98.1 Å². The minimum Gasteiger partial charge on any atom is -0.462 e. The average Bonchev–Trinajstić information content (AvgIpc) is 3.36. The average molecular weight is 500 g/mol. The third-order valence-corrected chi connectivity index (χ3v) is 7.87. The zero-order valence-corrected chi connectivity index (χ0v) is 21.6. The number of nitrogens with zero attached hydrogens (tertiary/aromatic N) is 3. The number of nitrogens with one attached hydrogen (secondary N) is 2. The number of hydrogen-bond acceptors (Lipinski definition) is 8. The maximum atomic E-state index is 12.9. The molecule has 2 aromatic heterocycles. The Balaban J connectivity index is 1.56. The molecule has 0 saturated carbocycles. The molecule has 8 nitrogen and oxygen atoms in total. The molecule has 0 spiro atoms. The van der Waals surface area contributed by atoms with Crippen LogP contribution in [0.15, 0.2) is 41.8 Å². The number of anilines is 1. The van der Waals surface area contributed by atoms with Gasteiger partial charge in [0.2, 0.25) is 5.91 Å². The van der Waals surface area contributed by atoms with Crippen molar-refractivity contribution >= 4 is 40.0 Å². The van der Waals surface area contributed by atoms with Crippen LogP contribution < -0.4 is 10.6 Å². The van der Waals surface area contributed by atoms with Crippen LogP contribution in [0.2, 0.25) is 0 Å². The summed E-state index contributed by atoms with van der Waals surface area (Å²) >= 11 is 2.73. The van der Waals surface area contributed by atoms with E-state index in [4.69, 9.17) is 4.74 Å². The van der Waals surface area contributed by atoms with Gasteiger partial charge < -0.3 is 15.4 Å². The first-order valence-corrected chi connectivity index (χ1v) is 12.9. The molecule has 2 N–H and O–H groups in total. The van der Waals surface area contributed by atoms with Crippen LogP contribution in [-0.2, 0) is 21.5 Å². The number of amides is 1. The van der Waals surface area contributed by atoms with Crippen LogP contribution in [0.3, 0.4) is 0 Å². The molecule has 4 rings (SSSR count). The Hall–Kier alpha value is -2.69. The second kappa shape index (κ2) is 9.52. The van der Waals surface area contributed by atoms with E-state index in [9.17, 15) is 9.59 Å². The summed E-state index contributed by atoms with van der Waals surface area (Å²) in [6.07, 6.45) is 2.29. The van der Waals surface area contributed by atoms with Gasteiger partial charge in [0.15, 0.2) is 5.16 Å². The van der Waals surface area contributed by atoms with Crippen LogP contribution in [0, 0.1) is 0 Å². The van der Waals surface area contributed by atoms with Crippen molar-refractivity contribution in [2.45, 2.75) is 57.3 Å². The molecule has 0 aliphatic carbocycles. The third-order valence-electron chi connectivity index (χ3n) is 5.46. The summed E-state index contributed by atoms with van der Waals surface area (Å²) in [6.45, 7) is 10.5. The number of benzene rings is 1. The van der Waals surface area contributed by atoms with Gasteiger partial charge in [-0.05, 0) is 58.7 Å². The number of aromatic nitrogens is 3. The SMILES string of the molecule is CCOC(=O)c1c(NC(=O)CSc2nncn2-c2ccccc2)sc2c1CC(C)(C)NC2(C)C. The van der Waals surface area contributed by atoms with Crippen LogP contribution in [0.4, 0.5) is 5.00 Å². The molecule has 3 heterocycles. The van der Waals surface area contributed by atoms with Gasteiger partial charge in [0.05, 0.1) is 17.9 Å². The molecule has 180 valence electrons. The maximum absolute atomic E-state index is 12.9. The predicted octanol–water partition coefficient (Wildman–Crippen LogP) is 4.40. The first kappa shape index (κ1) is 24.4. The van der Waals surface area contributed by atoms with Gasteiger partial charge in [0, 0.05) is 21.6 Å². The number of thioether (sulfide) groups is 1. The molecule has 0 unspecified atom stereocenters. The van der Waals surface area contributed by atoms with E-state index in [0.717, 1.165) is 16.1 Å². The van der Waals surface area contributed by atoms with Crippen molar-refractivity contribution in [2.75, 3.05) is 17.7 Å². The van der Waals surface area contributed by atoms with Crippen LogP contribution in [0.5, 0.6) is 0 Å². The minimum atomic E-state index is -0.403. The quantitative estimate of drug-likeness (QED) is 0.367. The highest BCUT2D eigenvalue weighted by atomic mass is 32.2. The molecule has 34 heavy (non-hydrogen) atoms. The molecule has 10 heteroatoms. The summed E-state index contributed by atoms with van der Waals surface area (Å²) in [5, 5.41) is 15.9. The largest absolute Gasteiger partial charge is 0.462 e. The van der Waals surface area contributed by atoms with E-state index in [0.29, 0.717) is 22.1 Å². The number of hydrogen-bond donors (Lipinski definition) is 2. The summed E-state index contributed by atoms with van der Waals surface area (Å²) in [6, 6.07) is 9.71. The Morgan fingerprint density at radius 1 is 1.24 bits per heavy atom. The van der Waals surface area contributed by atoms with Crippen LogP contribution in [0.25, 0.3) is 5.69 Å². The molecule has 0 atom stereocenters. The lowest BCUT2D eigenvalue weighted by Crippen LogP contribution is -2.55. The number of fused-ring (bicyclic) bond motifs is 1. The Kier molecular flexibility index (Phi) is 6.84. The molecule has 1 aliphatic rings. The van der Waals surface area contributed by atoms with Crippen molar-refractivity contribution in [3.63, 3.8) is 0 Å². The Morgan fingerprint density at radius 2 is 1.97 bits per heavy atom. The van der Waals surface area contributed by atoms with Crippen molar-refractivity contribution < 1.29 is 14.3 Å². The fourth-order valence-electron chi connectivity index (χ4n) is 4.42. The van der Waals surface area contributed by atoms with Crippen LogP contribution in [-0.4, -0.2) is 44.5 Å². The third kappa shape index (κ3) is 5.03. The smallest absolute Gasteiger partial charge is 0.341 e. The predicted molar refractivity (Wildman–Crippen MR) is 135 cm³/mol. The van der Waals surface area contributed by atoms with Gasteiger partial charge in [0.1, 0.15) is 11.3 Å². The molecule has 3 aromatic rings. The van der Waals surface area contributed by atoms with E-state index in [1.165, 1.54) is 23.1 Å². The highest BCUT2D eigenvalue weighted by Crippen LogP contribution is 2.45. The molecular weight excluding hydrogens is 470 g/mol. The zero-order valence-electron chi connectivity index (χ0n) is 20.0. The molecule has 1 aromatic carbocycles. The second-order valence-electron chi connectivity index (χ2n) is 9.30. The van der Waals surface area contributed by atoms with Crippen molar-refractivity contribution in [2.24, 2.45) is 0 Å². The molecule has 1 amide bonds. The lowest BCUT2D eigenvalue weighted by Gasteiger charge is -2.42. The molecule has 0 saturated heterocycles. The molecule has 1 aliphatic heterocycles. The van der Waals surface area contributed by atoms with Crippen molar-refractivity contribution in [3.8, 4) is 5.69 Å². The van der Waals surface area contributed by atoms with Gasteiger partial charge in [-0.2, -0.15) is 0 Å². The number of esters is 1. The summed E-state index contributed by atoms with van der Waals surface area (Å²) in [5.74, 6) is -0.495. The zero-order chi connectivity index (χ0) is 24.5. The number of thiophene rings is 1. The highest BCUT2D eigenvalue weighted by molar-refractivity contribution is 7.99. The van der Waals surface area contributed by atoms with Gasteiger partial charge in [-0.25, -0.2) is 4.79 Å². The molecule has 0 bridgehead atoms. The minimum absolute atomic E-state index is 0.128. The second-order valence-corrected chi connectivity index (χ2v) is 11.3. The number of carbonyl (C=O) groups excluding carboxylic acids is 2. The van der Waals surface area contributed by atoms with E-state index in [1.54, 1.807) is 13.3 Å². The normalized spacial score (nSPS) is 16.0. The fourth-order valence-corrected chi connectivity index (χ4v) is 6.43. The van der Waals surface area contributed by atoms with E-state index in [2.05, 4.69) is 48.5 Å². The first-order chi connectivity index (χ1) is 16.1. The molecular formula is C24H29N5O3S2. The maximum Gasteiger partial charge on any atom is 0.341 e. The monoisotopic (exact) mass is 499 g/mol. The van der Waals surface area contributed by atoms with Crippen molar-refractivity contribution in [1.29, 1.82) is 0 Å². The van der Waals surface area contributed by atoms with Gasteiger partial charge in [-0.3, -0.25) is 9.36 Å². The van der Waals surface area contributed by atoms with Gasteiger partial charge >= 0.3 is 5.97 Å². The number of carbonyl (C=O) groups is 2. The van der Waals surface area contributed by atoms with E-state index in [1.807, 2.05) is 34.9 Å². The van der Waals surface area contributed by atoms with E-state index < -0.39 is 5.97 Å². The van der Waals surface area contributed by atoms with Gasteiger partial charge in [-0.1, -0.05) is 30.0 Å². The molecule has 0 radical (unpaired) electrons. The lowest BCUT2D eigenvalue weighted by atomic mass is 9.81. The lowest BCUT2D eigenvalue weighted by molar-refractivity contribution is -0.113. The number of ether oxygens (including phenoxy) is 1. The summed E-state index contributed by atoms with van der Waals surface area (Å²) in [5.41, 5.74) is 1.80. The Labute approximate surface area is 207 Å². The van der Waals surface area contributed by atoms with Crippen molar-refractivity contribution in [1.82, 2.24) is 20.1 Å². The molecule has 0 fully saturated rings. The van der Waals surface area contributed by atoms with Gasteiger partial charge in [0.25, 0.3) is 0 Å². The highest BCUT2D eigenvalue weighted by Gasteiger charge is 2.42. The first-order valence-electron chi connectivity index (χ1n) is 11.1. The number of para-hydroxylation sites is 1. The van der Waals surface area contributed by atoms with E-state index >= 15 is 0 Å². The van der Waals surface area contributed by atoms with E-state index in [-0.39, 0.29) is 29.3 Å². The van der Waals surface area contributed by atoms with Crippen molar-refractivity contribution in [3.05, 3.63) is 52.7 Å². The Bertz CT molecular complexity index is 1200. The van der Waals surface area contributed by atoms with Crippen LogP contribution in [0.1, 0.15) is 55.4 Å².